The maximum Gasteiger partial charge on any atom is 0.208 e. The fourth-order valence-electron chi connectivity index (χ4n) is 3.21. The molecule has 2 aliphatic heterocycles. The summed E-state index contributed by atoms with van der Waals surface area (Å²) in [6.07, 6.45) is 2.69. The Hall–Kier alpha value is -1.46. The molecule has 0 radical (unpaired) electrons. The molecule has 2 aliphatic rings. The third-order valence-electron chi connectivity index (χ3n) is 4.29. The number of piperazine rings is 1. The summed E-state index contributed by atoms with van der Waals surface area (Å²) in [5, 5.41) is 10.9. The molecule has 1 atom stereocenters. The van der Waals surface area contributed by atoms with Crippen molar-refractivity contribution in [3.05, 3.63) is 30.3 Å². The van der Waals surface area contributed by atoms with Gasteiger partial charge in [-0.2, -0.15) is 0 Å². The van der Waals surface area contributed by atoms with Crippen molar-refractivity contribution in [1.29, 1.82) is 0 Å². The van der Waals surface area contributed by atoms with Gasteiger partial charge < -0.3 is 4.90 Å². The van der Waals surface area contributed by atoms with E-state index in [1.54, 1.807) is 11.3 Å². The number of rotatable bonds is 2. The zero-order valence-corrected chi connectivity index (χ0v) is 12.2. The van der Waals surface area contributed by atoms with Gasteiger partial charge in [-0.1, -0.05) is 41.7 Å². The summed E-state index contributed by atoms with van der Waals surface area (Å²) in [5.74, 6) is 0. The maximum atomic E-state index is 4.41. The van der Waals surface area contributed by atoms with Gasteiger partial charge in [-0.15, -0.1) is 10.2 Å². The molecule has 0 saturated carbocycles. The molecule has 104 valence electrons. The first-order chi connectivity index (χ1) is 9.90. The van der Waals surface area contributed by atoms with Gasteiger partial charge in [0.25, 0.3) is 0 Å². The summed E-state index contributed by atoms with van der Waals surface area (Å²) in [4.78, 5) is 5.03. The zero-order chi connectivity index (χ0) is 13.4. The molecule has 2 aromatic rings. The summed E-state index contributed by atoms with van der Waals surface area (Å²) in [6, 6.07) is 11.1. The Labute approximate surface area is 123 Å². The van der Waals surface area contributed by atoms with Crippen LogP contribution in [-0.2, 0) is 0 Å². The molecule has 4 rings (SSSR count). The Kier molecular flexibility index (Phi) is 3.16. The van der Waals surface area contributed by atoms with Crippen LogP contribution in [0.2, 0.25) is 0 Å². The molecule has 2 fully saturated rings. The molecule has 0 bridgehead atoms. The topological polar surface area (TPSA) is 32.3 Å². The quantitative estimate of drug-likeness (QED) is 0.849. The Bertz CT molecular complexity index is 583. The fourth-order valence-corrected chi connectivity index (χ4v) is 4.09. The number of nitrogens with zero attached hydrogens (tertiary/aromatic N) is 4. The lowest BCUT2D eigenvalue weighted by Gasteiger charge is -2.37. The highest BCUT2D eigenvalue weighted by molar-refractivity contribution is 7.18. The van der Waals surface area contributed by atoms with Crippen LogP contribution in [0, 0.1) is 0 Å². The van der Waals surface area contributed by atoms with Crippen LogP contribution in [0.1, 0.15) is 12.8 Å². The van der Waals surface area contributed by atoms with E-state index in [9.17, 15) is 0 Å². The number of hydrogen-bond donors (Lipinski definition) is 0. The van der Waals surface area contributed by atoms with Gasteiger partial charge in [0, 0.05) is 31.2 Å². The van der Waals surface area contributed by atoms with E-state index in [2.05, 4.69) is 32.1 Å². The van der Waals surface area contributed by atoms with Crippen molar-refractivity contribution in [2.75, 3.05) is 31.1 Å². The number of hydrogen-bond acceptors (Lipinski definition) is 5. The predicted octanol–water partition coefficient (Wildman–Crippen LogP) is 2.49. The van der Waals surface area contributed by atoms with Crippen LogP contribution in [0.3, 0.4) is 0 Å². The standard InChI is InChI=1S/C15H18N4S/c1-2-5-12(6-3-1)14-16-17-15(20-14)19-10-9-18-8-4-7-13(18)11-19/h1-3,5-6,13H,4,7-11H2. The van der Waals surface area contributed by atoms with Gasteiger partial charge >= 0.3 is 0 Å². The summed E-state index contributed by atoms with van der Waals surface area (Å²) in [5.41, 5.74) is 1.16. The van der Waals surface area contributed by atoms with Gasteiger partial charge in [-0.25, -0.2) is 0 Å². The van der Waals surface area contributed by atoms with Gasteiger partial charge in [0.1, 0.15) is 5.01 Å². The van der Waals surface area contributed by atoms with Crippen molar-refractivity contribution in [1.82, 2.24) is 15.1 Å². The summed E-state index contributed by atoms with van der Waals surface area (Å²) < 4.78 is 0. The van der Waals surface area contributed by atoms with E-state index < -0.39 is 0 Å². The lowest BCUT2D eigenvalue weighted by Crippen LogP contribution is -2.50. The first kappa shape index (κ1) is 12.3. The molecular weight excluding hydrogens is 268 g/mol. The molecule has 3 heterocycles. The maximum absolute atomic E-state index is 4.41. The van der Waals surface area contributed by atoms with Crippen molar-refractivity contribution in [3.63, 3.8) is 0 Å². The van der Waals surface area contributed by atoms with Crippen molar-refractivity contribution in [3.8, 4) is 10.6 Å². The van der Waals surface area contributed by atoms with E-state index in [4.69, 9.17) is 0 Å². The normalized spacial score (nSPS) is 23.0. The average Bonchev–Trinajstić information content (AvgIpc) is 3.16. The minimum absolute atomic E-state index is 0.729. The monoisotopic (exact) mass is 286 g/mol. The second kappa shape index (κ2) is 5.14. The molecule has 1 aromatic carbocycles. The van der Waals surface area contributed by atoms with E-state index in [0.29, 0.717) is 0 Å². The molecule has 2 saturated heterocycles. The van der Waals surface area contributed by atoms with E-state index in [0.717, 1.165) is 34.8 Å². The summed E-state index contributed by atoms with van der Waals surface area (Å²) >= 11 is 1.71. The Balaban J connectivity index is 1.53. The first-order valence-corrected chi connectivity index (χ1v) is 8.10. The van der Waals surface area contributed by atoms with Crippen LogP contribution in [-0.4, -0.2) is 47.3 Å². The predicted molar refractivity (Wildman–Crippen MR) is 82.2 cm³/mol. The second-order valence-corrected chi connectivity index (χ2v) is 6.49. The van der Waals surface area contributed by atoms with Crippen LogP contribution >= 0.6 is 11.3 Å². The van der Waals surface area contributed by atoms with Crippen LogP contribution in [0.25, 0.3) is 10.6 Å². The molecule has 0 amide bonds. The largest absolute Gasteiger partial charge is 0.344 e. The average molecular weight is 286 g/mol. The molecule has 20 heavy (non-hydrogen) atoms. The molecule has 5 heteroatoms. The van der Waals surface area contributed by atoms with E-state index in [1.807, 2.05) is 18.2 Å². The smallest absolute Gasteiger partial charge is 0.208 e. The third-order valence-corrected chi connectivity index (χ3v) is 5.33. The first-order valence-electron chi connectivity index (χ1n) is 7.28. The Morgan fingerprint density at radius 1 is 1.05 bits per heavy atom. The van der Waals surface area contributed by atoms with Gasteiger partial charge in [0.05, 0.1) is 0 Å². The highest BCUT2D eigenvalue weighted by atomic mass is 32.1. The Morgan fingerprint density at radius 3 is 2.85 bits per heavy atom. The Morgan fingerprint density at radius 2 is 1.95 bits per heavy atom. The summed E-state index contributed by atoms with van der Waals surface area (Å²) in [6.45, 7) is 4.65. The summed E-state index contributed by atoms with van der Waals surface area (Å²) in [7, 11) is 0. The highest BCUT2D eigenvalue weighted by Gasteiger charge is 2.31. The van der Waals surface area contributed by atoms with Crippen LogP contribution in [0.15, 0.2) is 30.3 Å². The number of aromatic nitrogens is 2. The third kappa shape index (κ3) is 2.21. The lowest BCUT2D eigenvalue weighted by molar-refractivity contribution is 0.231. The lowest BCUT2D eigenvalue weighted by atomic mass is 10.2. The number of anilines is 1. The second-order valence-electron chi connectivity index (χ2n) is 5.53. The minimum Gasteiger partial charge on any atom is -0.344 e. The SMILES string of the molecule is c1ccc(-c2nnc(N3CCN4CCCC4C3)s2)cc1. The van der Waals surface area contributed by atoms with Crippen molar-refractivity contribution in [2.24, 2.45) is 0 Å². The van der Waals surface area contributed by atoms with Gasteiger partial charge in [0.2, 0.25) is 5.13 Å². The van der Waals surface area contributed by atoms with E-state index in [-0.39, 0.29) is 0 Å². The fraction of sp³-hybridized carbons (Fsp3) is 0.467. The van der Waals surface area contributed by atoms with Gasteiger partial charge in [0.15, 0.2) is 0 Å². The molecule has 0 spiro atoms. The van der Waals surface area contributed by atoms with E-state index >= 15 is 0 Å². The van der Waals surface area contributed by atoms with Crippen molar-refractivity contribution >= 4 is 16.5 Å². The minimum atomic E-state index is 0.729. The van der Waals surface area contributed by atoms with Crippen molar-refractivity contribution in [2.45, 2.75) is 18.9 Å². The van der Waals surface area contributed by atoms with Crippen LogP contribution in [0.4, 0.5) is 5.13 Å². The number of benzene rings is 1. The van der Waals surface area contributed by atoms with Crippen LogP contribution in [0.5, 0.6) is 0 Å². The molecule has 4 nitrogen and oxygen atoms in total. The molecule has 1 unspecified atom stereocenters. The molecular formula is C15H18N4S. The van der Waals surface area contributed by atoms with E-state index in [1.165, 1.54) is 25.9 Å². The molecule has 0 N–H and O–H groups in total. The van der Waals surface area contributed by atoms with Gasteiger partial charge in [-0.05, 0) is 19.4 Å². The van der Waals surface area contributed by atoms with Crippen LogP contribution < -0.4 is 4.90 Å². The molecule has 0 aliphatic carbocycles. The number of fused-ring (bicyclic) bond motifs is 1. The van der Waals surface area contributed by atoms with Gasteiger partial charge in [-0.3, -0.25) is 4.90 Å². The zero-order valence-electron chi connectivity index (χ0n) is 11.4. The molecule has 1 aromatic heterocycles. The van der Waals surface area contributed by atoms with Crippen molar-refractivity contribution < 1.29 is 0 Å². The highest BCUT2D eigenvalue weighted by Crippen LogP contribution is 2.31.